The Labute approximate surface area is 282 Å². The molecule has 4 aromatic rings. The van der Waals surface area contributed by atoms with Gasteiger partial charge in [0.05, 0.1) is 42.8 Å². The molecular formula is C38H44F2N4O3Si. The Bertz CT molecular complexity index is 1680. The van der Waals surface area contributed by atoms with Crippen LogP contribution in [0.1, 0.15) is 50.6 Å². The maximum atomic E-state index is 16.6. The fourth-order valence-electron chi connectivity index (χ4n) is 7.44. The molecule has 1 aromatic heterocycles. The van der Waals surface area contributed by atoms with Crippen molar-refractivity contribution in [2.75, 3.05) is 38.4 Å². The molecule has 1 saturated heterocycles. The smallest absolute Gasteiger partial charge is 0.282 e. The quantitative estimate of drug-likeness (QED) is 0.209. The lowest BCUT2D eigenvalue weighted by Gasteiger charge is -2.45. The highest BCUT2D eigenvalue weighted by Gasteiger charge is 2.52. The van der Waals surface area contributed by atoms with Crippen molar-refractivity contribution >= 4 is 24.4 Å². The van der Waals surface area contributed by atoms with Gasteiger partial charge < -0.3 is 24.5 Å². The van der Waals surface area contributed by atoms with Gasteiger partial charge in [-0.1, -0.05) is 81.4 Å². The van der Waals surface area contributed by atoms with Crippen molar-refractivity contribution in [2.24, 2.45) is 0 Å². The monoisotopic (exact) mass is 670 g/mol. The zero-order chi connectivity index (χ0) is 33.5. The van der Waals surface area contributed by atoms with Crippen molar-refractivity contribution in [3.63, 3.8) is 0 Å². The summed E-state index contributed by atoms with van der Waals surface area (Å²) in [5.41, 5.74) is 3.60. The lowest BCUT2D eigenvalue weighted by Crippen LogP contribution is -2.67. The zero-order valence-corrected chi connectivity index (χ0v) is 29.0. The van der Waals surface area contributed by atoms with Gasteiger partial charge in [-0.2, -0.15) is 0 Å². The van der Waals surface area contributed by atoms with Crippen LogP contribution < -0.4 is 30.5 Å². The maximum absolute atomic E-state index is 16.6. The van der Waals surface area contributed by atoms with E-state index in [1.807, 2.05) is 103 Å². The molecule has 3 aromatic carbocycles. The average Bonchev–Trinajstić information content (AvgIpc) is 3.51. The van der Waals surface area contributed by atoms with Crippen LogP contribution in [0.25, 0.3) is 0 Å². The van der Waals surface area contributed by atoms with E-state index in [-0.39, 0.29) is 12.8 Å². The maximum Gasteiger partial charge on any atom is 0.282 e. The summed E-state index contributed by atoms with van der Waals surface area (Å²) in [6, 6.07) is 27.4. The summed E-state index contributed by atoms with van der Waals surface area (Å²) in [7, 11) is -3.16. The molecule has 2 N–H and O–H groups in total. The highest BCUT2D eigenvalue weighted by atomic mass is 28.4. The molecule has 0 spiro atoms. The van der Waals surface area contributed by atoms with E-state index in [1.54, 1.807) is 0 Å². The molecule has 1 fully saturated rings. The molecule has 0 radical (unpaired) electrons. The van der Waals surface area contributed by atoms with Crippen molar-refractivity contribution < 1.29 is 22.7 Å². The summed E-state index contributed by atoms with van der Waals surface area (Å²) in [5.74, 6) is -1.84. The van der Waals surface area contributed by atoms with Crippen molar-refractivity contribution in [2.45, 2.75) is 63.2 Å². The summed E-state index contributed by atoms with van der Waals surface area (Å²) in [6.45, 7) is 9.10. The van der Waals surface area contributed by atoms with Crippen LogP contribution in [-0.2, 0) is 10.8 Å². The number of fused-ring (bicyclic) bond motifs is 2. The second-order valence-corrected chi connectivity index (χ2v) is 18.6. The second kappa shape index (κ2) is 12.9. The fraction of sp³-hybridized carbons (Fsp3) is 0.395. The van der Waals surface area contributed by atoms with Gasteiger partial charge in [-0.25, -0.2) is 8.78 Å². The molecule has 48 heavy (non-hydrogen) atoms. The molecule has 7 rings (SSSR count). The summed E-state index contributed by atoms with van der Waals surface area (Å²) in [5, 5.41) is 8.28. The van der Waals surface area contributed by atoms with E-state index in [0.717, 1.165) is 40.3 Å². The van der Waals surface area contributed by atoms with Crippen LogP contribution in [-0.4, -0.2) is 69.2 Å². The van der Waals surface area contributed by atoms with Gasteiger partial charge in [0, 0.05) is 19.1 Å². The van der Waals surface area contributed by atoms with Gasteiger partial charge in [0.1, 0.15) is 0 Å². The van der Waals surface area contributed by atoms with E-state index in [0.29, 0.717) is 29.7 Å². The highest BCUT2D eigenvalue weighted by molar-refractivity contribution is 6.99. The number of halogens is 2. The number of ether oxygens (including phenoxy) is 2. The number of nitrogens with zero attached hydrogens (tertiary/aromatic N) is 2. The molecule has 0 aliphatic carbocycles. The zero-order valence-electron chi connectivity index (χ0n) is 28.0. The third-order valence-corrected chi connectivity index (χ3v) is 14.9. The number of hydrogen-bond acceptors (Lipinski definition) is 7. The first-order valence-electron chi connectivity index (χ1n) is 16.8. The Kier molecular flexibility index (Phi) is 8.78. The number of alkyl halides is 2. The third kappa shape index (κ3) is 6.22. The van der Waals surface area contributed by atoms with Crippen molar-refractivity contribution in [3.05, 3.63) is 108 Å². The minimum atomic E-state index is -3.16. The first-order chi connectivity index (χ1) is 23.0. The van der Waals surface area contributed by atoms with E-state index in [9.17, 15) is 0 Å². The molecule has 252 valence electrons. The van der Waals surface area contributed by atoms with Gasteiger partial charge in [0.25, 0.3) is 14.2 Å². The molecule has 0 saturated carbocycles. The Hall–Kier alpha value is -3.83. The van der Waals surface area contributed by atoms with Crippen molar-refractivity contribution in [1.82, 2.24) is 15.2 Å². The summed E-state index contributed by atoms with van der Waals surface area (Å²) < 4.78 is 51.5. The minimum Gasteiger partial charge on any atom is -0.454 e. The number of aromatic nitrogens is 1. The summed E-state index contributed by atoms with van der Waals surface area (Å²) in [4.78, 5) is 6.75. The standard InChI is InChI=1S/C38H44F2N4O3Si/c1-26-17-27-18-34-35(46-25-45-34)19-32(27)36(33-16-15-28(22-42-33)43-29-20-41-21-29)44(26)23-38(39,40)24-47-48(37(2,3)4,30-11-7-5-8-12-30)31-13-9-6-10-14-31/h5-16,18-19,22,26,29,36,41,43H,17,20-21,23-25H2,1-4H3/t26-,36+/m1/s1. The molecule has 3 aliphatic heterocycles. The topological polar surface area (TPSA) is 67.9 Å². The van der Waals surface area contributed by atoms with Crippen molar-refractivity contribution in [3.8, 4) is 11.5 Å². The first-order valence-corrected chi connectivity index (χ1v) is 18.7. The predicted octanol–water partition coefficient (Wildman–Crippen LogP) is 5.74. The van der Waals surface area contributed by atoms with Gasteiger partial charge >= 0.3 is 0 Å². The van der Waals surface area contributed by atoms with Crippen LogP contribution in [0.5, 0.6) is 11.5 Å². The van der Waals surface area contributed by atoms with Crippen LogP contribution in [0.3, 0.4) is 0 Å². The summed E-state index contributed by atoms with van der Waals surface area (Å²) >= 11 is 0. The molecular weight excluding hydrogens is 627 g/mol. The van der Waals surface area contributed by atoms with E-state index in [1.165, 1.54) is 0 Å². The molecule has 4 heterocycles. The molecule has 10 heteroatoms. The van der Waals surface area contributed by atoms with Crippen LogP contribution in [0.4, 0.5) is 14.5 Å². The fourth-order valence-corrected chi connectivity index (χ4v) is 12.0. The van der Waals surface area contributed by atoms with Gasteiger partial charge in [-0.05, 0) is 64.1 Å². The van der Waals surface area contributed by atoms with Gasteiger partial charge in [0.2, 0.25) is 6.79 Å². The number of pyridine rings is 1. The van der Waals surface area contributed by atoms with Crippen LogP contribution in [0.15, 0.2) is 91.1 Å². The van der Waals surface area contributed by atoms with E-state index in [2.05, 4.69) is 31.4 Å². The Balaban J connectivity index is 1.22. The number of nitrogens with one attached hydrogen (secondary N) is 2. The van der Waals surface area contributed by atoms with Crippen LogP contribution in [0, 0.1) is 0 Å². The second-order valence-electron chi connectivity index (χ2n) is 14.3. The van der Waals surface area contributed by atoms with Gasteiger partial charge in [-0.3, -0.25) is 9.88 Å². The first kappa shape index (κ1) is 32.7. The lowest BCUT2D eigenvalue weighted by atomic mass is 9.86. The van der Waals surface area contributed by atoms with E-state index in [4.69, 9.17) is 18.9 Å². The Morgan fingerprint density at radius 3 is 2.15 bits per heavy atom. The molecule has 0 amide bonds. The molecule has 3 aliphatic rings. The average molecular weight is 671 g/mol. The number of benzene rings is 3. The lowest BCUT2D eigenvalue weighted by molar-refractivity contribution is -0.0821. The van der Waals surface area contributed by atoms with E-state index >= 15 is 8.78 Å². The SMILES string of the molecule is C[C@@H]1Cc2cc3c(cc2[C@@H](c2ccc(NC4CNC4)cn2)N1CC(F)(F)CO[Si](c1ccccc1)(c1ccccc1)C(C)(C)C)OCO3. The molecule has 0 unspecified atom stereocenters. The number of hydrogen-bond donors (Lipinski definition) is 2. The normalized spacial score (nSPS) is 19.9. The van der Waals surface area contributed by atoms with Crippen LogP contribution >= 0.6 is 0 Å². The van der Waals surface area contributed by atoms with Gasteiger partial charge in [0.15, 0.2) is 11.5 Å². The Morgan fingerprint density at radius 1 is 0.938 bits per heavy atom. The molecule has 0 bridgehead atoms. The summed E-state index contributed by atoms with van der Waals surface area (Å²) in [6.07, 6.45) is 2.41. The number of rotatable bonds is 10. The highest BCUT2D eigenvalue weighted by Crippen LogP contribution is 2.45. The van der Waals surface area contributed by atoms with Crippen LogP contribution in [0.2, 0.25) is 5.04 Å². The Morgan fingerprint density at radius 2 is 1.58 bits per heavy atom. The number of anilines is 1. The predicted molar refractivity (Wildman–Crippen MR) is 187 cm³/mol. The van der Waals surface area contributed by atoms with Crippen molar-refractivity contribution in [1.29, 1.82) is 0 Å². The van der Waals surface area contributed by atoms with E-state index < -0.39 is 38.5 Å². The molecule has 2 atom stereocenters. The minimum absolute atomic E-state index is 0.147. The van der Waals surface area contributed by atoms with Gasteiger partial charge in [-0.15, -0.1) is 0 Å². The largest absolute Gasteiger partial charge is 0.454 e. The third-order valence-electron chi connectivity index (χ3n) is 9.89. The molecule has 7 nitrogen and oxygen atoms in total.